The van der Waals surface area contributed by atoms with Crippen molar-refractivity contribution >= 4 is 0 Å². The first kappa shape index (κ1) is 13.0. The first-order valence-electron chi connectivity index (χ1n) is 6.40. The molecule has 0 bridgehead atoms. The van der Waals surface area contributed by atoms with Gasteiger partial charge in [0.2, 0.25) is 0 Å². The first-order chi connectivity index (χ1) is 7.02. The summed E-state index contributed by atoms with van der Waals surface area (Å²) in [5.41, 5.74) is -0.0133. The van der Waals surface area contributed by atoms with Crippen LogP contribution in [0.2, 0.25) is 0 Å². The van der Waals surface area contributed by atoms with E-state index in [4.69, 9.17) is 0 Å². The standard InChI is InChI=1S/C13H27NO/c1-10(2)12-7-5-6-8-13(12,9-15)14-11(3)4/h10-12,14-15H,5-9H2,1-4H3. The Morgan fingerprint density at radius 1 is 1.27 bits per heavy atom. The predicted octanol–water partition coefficient (Wildman–Crippen LogP) is 2.56. The minimum absolute atomic E-state index is 0.0133. The molecule has 90 valence electrons. The Hall–Kier alpha value is -0.0800. The smallest absolute Gasteiger partial charge is 0.0616 e. The molecule has 0 aromatic rings. The second kappa shape index (κ2) is 5.31. The van der Waals surface area contributed by atoms with E-state index in [0.717, 1.165) is 6.42 Å². The highest BCUT2D eigenvalue weighted by atomic mass is 16.3. The van der Waals surface area contributed by atoms with Crippen LogP contribution in [0.25, 0.3) is 0 Å². The van der Waals surface area contributed by atoms with Crippen LogP contribution in [0.5, 0.6) is 0 Å². The van der Waals surface area contributed by atoms with Crippen molar-refractivity contribution in [3.8, 4) is 0 Å². The van der Waals surface area contributed by atoms with Crippen LogP contribution < -0.4 is 5.32 Å². The molecule has 1 fully saturated rings. The molecule has 0 radical (unpaired) electrons. The van der Waals surface area contributed by atoms with Gasteiger partial charge in [-0.2, -0.15) is 0 Å². The third kappa shape index (κ3) is 2.94. The van der Waals surface area contributed by atoms with Gasteiger partial charge in [0.05, 0.1) is 6.61 Å². The van der Waals surface area contributed by atoms with Crippen molar-refractivity contribution in [3.05, 3.63) is 0 Å². The number of aliphatic hydroxyl groups is 1. The fourth-order valence-electron chi connectivity index (χ4n) is 3.23. The normalized spacial score (nSPS) is 32.6. The molecular weight excluding hydrogens is 186 g/mol. The lowest BCUT2D eigenvalue weighted by Gasteiger charge is -2.47. The van der Waals surface area contributed by atoms with E-state index in [1.54, 1.807) is 0 Å². The fraction of sp³-hybridized carbons (Fsp3) is 1.00. The Kier molecular flexibility index (Phi) is 4.60. The van der Waals surface area contributed by atoms with Crippen molar-refractivity contribution in [2.45, 2.75) is 65.0 Å². The van der Waals surface area contributed by atoms with E-state index in [1.165, 1.54) is 19.3 Å². The second-order valence-electron chi connectivity index (χ2n) is 5.71. The SMILES string of the molecule is CC(C)NC1(CO)CCCCC1C(C)C. The van der Waals surface area contributed by atoms with Gasteiger partial charge in [-0.25, -0.2) is 0 Å². The van der Waals surface area contributed by atoms with Crippen LogP contribution >= 0.6 is 0 Å². The summed E-state index contributed by atoms with van der Waals surface area (Å²) in [4.78, 5) is 0. The minimum Gasteiger partial charge on any atom is -0.394 e. The third-order valence-corrected chi connectivity index (χ3v) is 3.76. The molecule has 0 heterocycles. The van der Waals surface area contributed by atoms with Crippen molar-refractivity contribution in [3.63, 3.8) is 0 Å². The van der Waals surface area contributed by atoms with Crippen LogP contribution in [-0.4, -0.2) is 23.3 Å². The molecule has 1 saturated carbocycles. The highest BCUT2D eigenvalue weighted by Gasteiger charge is 2.41. The van der Waals surface area contributed by atoms with Crippen LogP contribution in [0.15, 0.2) is 0 Å². The van der Waals surface area contributed by atoms with Crippen LogP contribution in [0.1, 0.15) is 53.4 Å². The molecule has 2 N–H and O–H groups in total. The lowest BCUT2D eigenvalue weighted by Crippen LogP contribution is -2.59. The van der Waals surface area contributed by atoms with E-state index in [2.05, 4.69) is 33.0 Å². The van der Waals surface area contributed by atoms with Gasteiger partial charge in [-0.3, -0.25) is 0 Å². The zero-order valence-corrected chi connectivity index (χ0v) is 10.7. The molecular formula is C13H27NO. The Labute approximate surface area is 94.5 Å². The van der Waals surface area contributed by atoms with E-state index in [-0.39, 0.29) is 12.1 Å². The van der Waals surface area contributed by atoms with Crippen molar-refractivity contribution in [1.82, 2.24) is 5.32 Å². The van der Waals surface area contributed by atoms with Gasteiger partial charge in [0.15, 0.2) is 0 Å². The molecule has 0 aromatic carbocycles. The number of rotatable bonds is 4. The number of aliphatic hydroxyl groups excluding tert-OH is 1. The van der Waals surface area contributed by atoms with E-state index in [0.29, 0.717) is 17.9 Å². The van der Waals surface area contributed by atoms with Gasteiger partial charge in [-0.1, -0.05) is 40.5 Å². The van der Waals surface area contributed by atoms with Gasteiger partial charge in [0.25, 0.3) is 0 Å². The Bertz CT molecular complexity index is 191. The molecule has 2 heteroatoms. The monoisotopic (exact) mass is 213 g/mol. The number of hydrogen-bond donors (Lipinski definition) is 2. The van der Waals surface area contributed by atoms with Gasteiger partial charge in [0.1, 0.15) is 0 Å². The van der Waals surface area contributed by atoms with Gasteiger partial charge < -0.3 is 10.4 Å². The molecule has 2 unspecified atom stereocenters. The number of hydrogen-bond acceptors (Lipinski definition) is 2. The van der Waals surface area contributed by atoms with Crippen molar-refractivity contribution in [1.29, 1.82) is 0 Å². The van der Waals surface area contributed by atoms with Gasteiger partial charge in [0, 0.05) is 11.6 Å². The molecule has 1 aliphatic carbocycles. The maximum absolute atomic E-state index is 9.75. The minimum atomic E-state index is -0.0133. The Balaban J connectivity index is 2.80. The summed E-state index contributed by atoms with van der Waals surface area (Å²) in [5.74, 6) is 1.28. The van der Waals surface area contributed by atoms with E-state index in [9.17, 15) is 5.11 Å². The van der Waals surface area contributed by atoms with Crippen LogP contribution in [0.3, 0.4) is 0 Å². The first-order valence-corrected chi connectivity index (χ1v) is 6.40. The highest BCUT2D eigenvalue weighted by molar-refractivity contribution is 4.98. The largest absolute Gasteiger partial charge is 0.394 e. The molecule has 1 aliphatic rings. The zero-order valence-electron chi connectivity index (χ0n) is 10.7. The third-order valence-electron chi connectivity index (χ3n) is 3.76. The molecule has 0 aliphatic heterocycles. The van der Waals surface area contributed by atoms with E-state index >= 15 is 0 Å². The molecule has 0 amide bonds. The van der Waals surface area contributed by atoms with Crippen molar-refractivity contribution in [2.24, 2.45) is 11.8 Å². The summed E-state index contributed by atoms with van der Waals surface area (Å²) in [6.07, 6.45) is 4.97. The summed E-state index contributed by atoms with van der Waals surface area (Å²) in [6, 6.07) is 0.455. The molecule has 2 nitrogen and oxygen atoms in total. The second-order valence-corrected chi connectivity index (χ2v) is 5.71. The summed E-state index contributed by atoms with van der Waals surface area (Å²) in [6.45, 7) is 9.19. The van der Waals surface area contributed by atoms with Gasteiger partial charge in [-0.05, 0) is 24.7 Å². The van der Waals surface area contributed by atoms with E-state index < -0.39 is 0 Å². The Morgan fingerprint density at radius 2 is 1.93 bits per heavy atom. The van der Waals surface area contributed by atoms with Crippen molar-refractivity contribution < 1.29 is 5.11 Å². The zero-order chi connectivity index (χ0) is 11.5. The maximum atomic E-state index is 9.75. The molecule has 0 aromatic heterocycles. The molecule has 15 heavy (non-hydrogen) atoms. The van der Waals surface area contributed by atoms with Crippen LogP contribution in [0, 0.1) is 11.8 Å². The van der Waals surface area contributed by atoms with E-state index in [1.807, 2.05) is 0 Å². The number of nitrogens with one attached hydrogen (secondary N) is 1. The lowest BCUT2D eigenvalue weighted by molar-refractivity contribution is 0.0360. The van der Waals surface area contributed by atoms with Crippen LogP contribution in [-0.2, 0) is 0 Å². The average molecular weight is 213 g/mol. The highest BCUT2D eigenvalue weighted by Crippen LogP contribution is 2.38. The Morgan fingerprint density at radius 3 is 2.40 bits per heavy atom. The summed E-state index contributed by atoms with van der Waals surface area (Å²) < 4.78 is 0. The topological polar surface area (TPSA) is 32.3 Å². The molecule has 0 saturated heterocycles. The quantitative estimate of drug-likeness (QED) is 0.752. The van der Waals surface area contributed by atoms with Crippen molar-refractivity contribution in [2.75, 3.05) is 6.61 Å². The van der Waals surface area contributed by atoms with Gasteiger partial charge >= 0.3 is 0 Å². The predicted molar refractivity (Wildman–Crippen MR) is 64.9 cm³/mol. The maximum Gasteiger partial charge on any atom is 0.0616 e. The average Bonchev–Trinajstić information content (AvgIpc) is 2.17. The summed E-state index contributed by atoms with van der Waals surface area (Å²) >= 11 is 0. The summed E-state index contributed by atoms with van der Waals surface area (Å²) in [7, 11) is 0. The van der Waals surface area contributed by atoms with Gasteiger partial charge in [-0.15, -0.1) is 0 Å². The van der Waals surface area contributed by atoms with Crippen LogP contribution in [0.4, 0.5) is 0 Å². The lowest BCUT2D eigenvalue weighted by atomic mass is 9.68. The molecule has 2 atom stereocenters. The fourth-order valence-corrected chi connectivity index (χ4v) is 3.23. The molecule has 1 rings (SSSR count). The summed E-state index contributed by atoms with van der Waals surface area (Å²) in [5, 5.41) is 13.4. The molecule has 0 spiro atoms.